The summed E-state index contributed by atoms with van der Waals surface area (Å²) in [5.74, 6) is -1.00. The van der Waals surface area contributed by atoms with Gasteiger partial charge in [-0.25, -0.2) is 4.39 Å². The molecule has 2 N–H and O–H groups in total. The van der Waals surface area contributed by atoms with Gasteiger partial charge in [0.25, 0.3) is 0 Å². The number of aliphatic hydroxyl groups excluding tert-OH is 1. The van der Waals surface area contributed by atoms with E-state index in [1.54, 1.807) is 44.6 Å². The average molecular weight is 539 g/mol. The van der Waals surface area contributed by atoms with Gasteiger partial charge in [-0.3, -0.25) is 4.79 Å². The van der Waals surface area contributed by atoms with Crippen molar-refractivity contribution in [2.75, 3.05) is 20.8 Å². The van der Waals surface area contributed by atoms with Crippen molar-refractivity contribution in [1.29, 1.82) is 0 Å². The number of aliphatic carboxylic acids is 1. The highest BCUT2D eigenvalue weighted by molar-refractivity contribution is 5.71. The second-order valence-corrected chi connectivity index (χ2v) is 10.9. The molecule has 0 saturated carbocycles. The van der Waals surface area contributed by atoms with E-state index in [1.165, 1.54) is 13.0 Å². The summed E-state index contributed by atoms with van der Waals surface area (Å²) in [7, 11) is 3.18. The smallest absolute Gasteiger partial charge is 0.309 e. The van der Waals surface area contributed by atoms with Gasteiger partial charge in [0.2, 0.25) is 0 Å². The molecule has 3 aromatic carbocycles. The van der Waals surface area contributed by atoms with Gasteiger partial charge in [-0.1, -0.05) is 39.0 Å². The van der Waals surface area contributed by atoms with Gasteiger partial charge in [0, 0.05) is 12.7 Å². The number of halogens is 1. The number of rotatable bonds is 8. The molecule has 7 nitrogen and oxygen atoms in total. The van der Waals surface area contributed by atoms with Crippen molar-refractivity contribution >= 4 is 5.97 Å². The van der Waals surface area contributed by atoms with E-state index in [9.17, 15) is 15.0 Å². The molecule has 0 saturated heterocycles. The molecule has 208 valence electrons. The normalized spacial score (nSPS) is 17.3. The molecule has 0 spiro atoms. The van der Waals surface area contributed by atoms with Crippen LogP contribution in [0.1, 0.15) is 62.7 Å². The Kier molecular flexibility index (Phi) is 8.18. The van der Waals surface area contributed by atoms with Crippen molar-refractivity contribution in [1.82, 2.24) is 0 Å². The summed E-state index contributed by atoms with van der Waals surface area (Å²) in [6.45, 7) is 7.85. The van der Waals surface area contributed by atoms with Gasteiger partial charge in [-0.05, 0) is 71.0 Å². The number of benzene rings is 3. The number of hydrogen-bond donors (Lipinski definition) is 2. The van der Waals surface area contributed by atoms with Crippen LogP contribution in [0.4, 0.5) is 4.39 Å². The van der Waals surface area contributed by atoms with Crippen molar-refractivity contribution < 1.29 is 38.3 Å². The Balaban J connectivity index is 1.75. The maximum atomic E-state index is 15.1. The summed E-state index contributed by atoms with van der Waals surface area (Å²) < 4.78 is 38.6. The Morgan fingerprint density at radius 1 is 1.03 bits per heavy atom. The van der Waals surface area contributed by atoms with Crippen LogP contribution >= 0.6 is 0 Å². The number of hydrogen-bond acceptors (Lipinski definition) is 6. The van der Waals surface area contributed by atoms with E-state index in [4.69, 9.17) is 18.9 Å². The molecule has 0 amide bonds. The van der Waals surface area contributed by atoms with Gasteiger partial charge in [-0.15, -0.1) is 0 Å². The fraction of sp³-hybridized carbons (Fsp3) is 0.387. The first kappa shape index (κ1) is 28.4. The predicted octanol–water partition coefficient (Wildman–Crippen LogP) is 6.50. The Morgan fingerprint density at radius 2 is 1.77 bits per heavy atom. The van der Waals surface area contributed by atoms with Crippen molar-refractivity contribution in [2.45, 2.75) is 46.0 Å². The summed E-state index contributed by atoms with van der Waals surface area (Å²) in [4.78, 5) is 11.4. The van der Waals surface area contributed by atoms with Crippen LogP contribution < -0.4 is 14.2 Å². The van der Waals surface area contributed by atoms with Crippen molar-refractivity contribution in [3.05, 3.63) is 77.1 Å². The number of fused-ring (bicyclic) bond motifs is 1. The quantitative estimate of drug-likeness (QED) is 0.338. The number of carbonyl (C=O) groups is 1. The van der Waals surface area contributed by atoms with Gasteiger partial charge >= 0.3 is 5.97 Å². The van der Waals surface area contributed by atoms with E-state index in [2.05, 4.69) is 20.8 Å². The highest BCUT2D eigenvalue weighted by atomic mass is 19.1. The molecule has 4 atom stereocenters. The summed E-state index contributed by atoms with van der Waals surface area (Å²) in [5.41, 5.74) is 2.80. The average Bonchev–Trinajstić information content (AvgIpc) is 2.91. The third-order valence-electron chi connectivity index (χ3n) is 7.05. The first-order valence-electron chi connectivity index (χ1n) is 12.8. The number of carboxylic acid groups (broad SMARTS) is 1. The van der Waals surface area contributed by atoms with Crippen molar-refractivity contribution in [2.24, 2.45) is 11.3 Å². The van der Waals surface area contributed by atoms with Crippen LogP contribution in [-0.2, 0) is 9.53 Å². The second kappa shape index (κ2) is 11.2. The molecule has 39 heavy (non-hydrogen) atoms. The Bertz CT molecular complexity index is 1350. The maximum absolute atomic E-state index is 15.1. The summed E-state index contributed by atoms with van der Waals surface area (Å²) in [5, 5.41) is 19.8. The molecule has 0 aliphatic carbocycles. The molecule has 1 heterocycles. The number of methoxy groups -OCH3 is 2. The van der Waals surface area contributed by atoms with Gasteiger partial charge in [-0.2, -0.15) is 0 Å². The van der Waals surface area contributed by atoms with Crippen LogP contribution in [-0.4, -0.2) is 37.0 Å². The second-order valence-electron chi connectivity index (χ2n) is 10.9. The topological polar surface area (TPSA) is 94.5 Å². The fourth-order valence-corrected chi connectivity index (χ4v) is 4.89. The number of carboxylic acids is 1. The molecule has 8 heteroatoms. The predicted molar refractivity (Wildman–Crippen MR) is 145 cm³/mol. The number of aliphatic hydroxyl groups is 1. The van der Waals surface area contributed by atoms with Crippen LogP contribution in [0, 0.1) is 17.2 Å². The van der Waals surface area contributed by atoms with E-state index in [1.807, 2.05) is 18.2 Å². The van der Waals surface area contributed by atoms with Crippen LogP contribution in [0.25, 0.3) is 11.1 Å². The minimum absolute atomic E-state index is 0.236. The monoisotopic (exact) mass is 538 g/mol. The SMILES string of the molecule is COc1ccc(F)c(-c2ccc([C@@H]3COc4ccc([C@H](O)[C@H](C)C(=O)O)cc4O3)cc2C(OC)C(C)(C)C)c1. The molecular formula is C31H35FO7. The van der Waals surface area contributed by atoms with Gasteiger partial charge in [0.15, 0.2) is 17.6 Å². The van der Waals surface area contributed by atoms with Crippen LogP contribution in [0.5, 0.6) is 17.2 Å². The van der Waals surface area contributed by atoms with Gasteiger partial charge in [0.05, 0.1) is 25.2 Å². The van der Waals surface area contributed by atoms with Gasteiger partial charge in [0.1, 0.15) is 18.2 Å². The summed E-state index contributed by atoms with van der Waals surface area (Å²) >= 11 is 0. The molecule has 0 radical (unpaired) electrons. The lowest BCUT2D eigenvalue weighted by molar-refractivity contribution is -0.145. The minimum atomic E-state index is -1.20. The summed E-state index contributed by atoms with van der Waals surface area (Å²) in [6.07, 6.45) is -2.06. The largest absolute Gasteiger partial charge is 0.497 e. The molecule has 0 aromatic heterocycles. The molecule has 1 unspecified atom stereocenters. The van der Waals surface area contributed by atoms with E-state index in [0.29, 0.717) is 33.9 Å². The lowest BCUT2D eigenvalue weighted by Crippen LogP contribution is -2.24. The fourth-order valence-electron chi connectivity index (χ4n) is 4.89. The lowest BCUT2D eigenvalue weighted by atomic mass is 9.80. The molecule has 0 bridgehead atoms. The molecule has 4 rings (SSSR count). The Hall–Kier alpha value is -3.62. The van der Waals surface area contributed by atoms with Crippen molar-refractivity contribution in [3.8, 4) is 28.4 Å². The molecule has 1 aliphatic rings. The minimum Gasteiger partial charge on any atom is -0.497 e. The highest BCUT2D eigenvalue weighted by Crippen LogP contribution is 2.44. The molecule has 0 fully saturated rings. The van der Waals surface area contributed by atoms with E-state index >= 15 is 4.39 Å². The van der Waals surface area contributed by atoms with Crippen molar-refractivity contribution in [3.63, 3.8) is 0 Å². The van der Waals surface area contributed by atoms with E-state index in [0.717, 1.165) is 11.1 Å². The Morgan fingerprint density at radius 3 is 2.41 bits per heavy atom. The zero-order chi connectivity index (χ0) is 28.5. The first-order valence-corrected chi connectivity index (χ1v) is 12.8. The maximum Gasteiger partial charge on any atom is 0.309 e. The Labute approximate surface area is 228 Å². The third-order valence-corrected chi connectivity index (χ3v) is 7.05. The standard InChI is InChI=1S/C31H35FO7/c1-17(30(34)35)28(33)19-8-12-25-26(14-19)39-27(16-38-25)18-7-10-21(22-15-20(36-5)9-11-24(22)32)23(13-18)29(37-6)31(2,3)4/h7-15,17,27-29,33H,16H2,1-6H3,(H,34,35)/t17-,27-,28+,29?/m0/s1. The zero-order valence-electron chi connectivity index (χ0n) is 23.0. The highest BCUT2D eigenvalue weighted by Gasteiger charge is 2.32. The van der Waals surface area contributed by atoms with Crippen LogP contribution in [0.3, 0.4) is 0 Å². The van der Waals surface area contributed by atoms with Gasteiger partial charge < -0.3 is 29.2 Å². The summed E-state index contributed by atoms with van der Waals surface area (Å²) in [6, 6.07) is 15.2. The molecular weight excluding hydrogens is 503 g/mol. The van der Waals surface area contributed by atoms with Crippen LogP contribution in [0.2, 0.25) is 0 Å². The first-order chi connectivity index (χ1) is 18.4. The van der Waals surface area contributed by atoms with E-state index in [-0.39, 0.29) is 23.9 Å². The number of ether oxygens (including phenoxy) is 4. The zero-order valence-corrected chi connectivity index (χ0v) is 23.0. The molecule has 3 aromatic rings. The lowest BCUT2D eigenvalue weighted by Gasteiger charge is -2.33. The third kappa shape index (κ3) is 5.87. The van der Waals surface area contributed by atoms with Crippen LogP contribution in [0.15, 0.2) is 54.6 Å². The van der Waals surface area contributed by atoms with E-state index < -0.39 is 24.1 Å². The molecule has 1 aliphatic heterocycles.